The lowest BCUT2D eigenvalue weighted by atomic mass is 10.1. The number of Topliss-reactive ketones (excluding diaryl/α,β-unsaturated/α-hetero) is 2. The molecule has 3 aliphatic heterocycles. The van der Waals surface area contributed by atoms with Crippen molar-refractivity contribution in [3.8, 4) is 34.2 Å². The van der Waals surface area contributed by atoms with Gasteiger partial charge in [0.1, 0.15) is 79.4 Å². The molecule has 0 spiro atoms. The Kier molecular flexibility index (Phi) is 48.9. The van der Waals surface area contributed by atoms with E-state index >= 15 is 0 Å². The minimum absolute atomic E-state index is 0.0572. The summed E-state index contributed by atoms with van der Waals surface area (Å²) < 4.78 is 37.4. The summed E-state index contributed by atoms with van der Waals surface area (Å²) in [5.74, 6) is -2.92. The van der Waals surface area contributed by atoms with Gasteiger partial charge in [0, 0.05) is 108 Å². The predicted molar refractivity (Wildman–Crippen MR) is 557 cm³/mol. The molecule has 0 fully saturated rings. The quantitative estimate of drug-likeness (QED) is 0.00829. The molecule has 0 aliphatic carbocycles. The van der Waals surface area contributed by atoms with Crippen molar-refractivity contribution < 1.29 is 72.3 Å². The largest absolute Gasteiger partial charge is 0.460 e. The third-order valence-electron chi connectivity index (χ3n) is 17.8. The molecule has 11 aromatic rings. The Bertz CT molecular complexity index is 5990. The maximum atomic E-state index is 12.1. The van der Waals surface area contributed by atoms with Crippen molar-refractivity contribution in [2.45, 2.75) is 276 Å². The molecule has 40 nitrogen and oxygen atoms in total. The molecular formula is C93H121IN22O18S8. The second kappa shape index (κ2) is 57.8. The first-order valence-corrected chi connectivity index (χ1v) is 54.8. The van der Waals surface area contributed by atoms with Gasteiger partial charge in [0.25, 0.3) is 16.7 Å². The van der Waals surface area contributed by atoms with Crippen LogP contribution in [0.4, 0.5) is 0 Å². The van der Waals surface area contributed by atoms with Crippen LogP contribution >= 0.6 is 117 Å². The number of carbonyl (C=O) groups is 8. The molecule has 2 unspecified atom stereocenters. The molecule has 0 saturated carbocycles. The fraction of sp³-hybridized carbons (Fsp3) is 0.473. The summed E-state index contributed by atoms with van der Waals surface area (Å²) in [5.41, 5.74) is 4.55. The minimum atomic E-state index is -0.964. The van der Waals surface area contributed by atoms with Gasteiger partial charge < -0.3 is 33.9 Å². The first-order chi connectivity index (χ1) is 66.8. The summed E-state index contributed by atoms with van der Waals surface area (Å²) in [6, 6.07) is 16.6. The van der Waals surface area contributed by atoms with Crippen LogP contribution in [0.25, 0.3) is 34.2 Å². The van der Waals surface area contributed by atoms with Crippen LogP contribution in [0.2, 0.25) is 0 Å². The fourth-order valence-corrected chi connectivity index (χ4v) is 16.1. The SMILES string of the molecule is CC(=O)OC(C)(C)C.CSc1nccc(-c2c(I)c(=O)n3n2CCC3)n1.CSc1nccc(-c2cc(=O)n3n2CCC3)n1.CSc1nccc(-c2cc(=O)n3n2CCC3)n1.CSc1nccc(C(=O)CC(=O)OC(C)(C)C)n1.CSc1nccc(C(=O)CC(=O)OC(C)(C)C)n1.CSc1nccc(C(O)CC(=O)OC(C)(C)C)n1.CSc1nccc(C(O)CC(=O)OC(C)(C)C)n1.CSc1nccc(C=O)n1. The summed E-state index contributed by atoms with van der Waals surface area (Å²) in [6.45, 7) is 33.2. The van der Waals surface area contributed by atoms with Crippen LogP contribution in [0.1, 0.15) is 211 Å². The molecule has 14 heterocycles. The van der Waals surface area contributed by atoms with Crippen LogP contribution < -0.4 is 16.7 Å². The number of ketones is 2. The zero-order chi connectivity index (χ0) is 106. The fourth-order valence-electron chi connectivity index (χ4n) is 12.4. The number of aliphatic hydroxyl groups excluding tert-OH is 2. The van der Waals surface area contributed by atoms with Gasteiger partial charge in [0.15, 0.2) is 59.1 Å². The van der Waals surface area contributed by atoms with Crippen molar-refractivity contribution in [1.82, 2.24) is 108 Å². The lowest BCUT2D eigenvalue weighted by Gasteiger charge is -2.20. The van der Waals surface area contributed by atoms with E-state index in [4.69, 9.17) is 23.7 Å². The van der Waals surface area contributed by atoms with Crippen molar-refractivity contribution in [3.05, 3.63) is 173 Å². The summed E-state index contributed by atoms with van der Waals surface area (Å²) in [6.07, 6.45) is 28.9. The summed E-state index contributed by atoms with van der Waals surface area (Å²) >= 11 is 13.5. The van der Waals surface area contributed by atoms with E-state index in [-0.39, 0.29) is 76.9 Å². The van der Waals surface area contributed by atoms with Crippen molar-refractivity contribution in [2.24, 2.45) is 0 Å². The highest BCUT2D eigenvalue weighted by molar-refractivity contribution is 14.1. The smallest absolute Gasteiger partial charge is 0.314 e. The highest BCUT2D eigenvalue weighted by Gasteiger charge is 2.29. The topological polar surface area (TPSA) is 510 Å². The Labute approximate surface area is 871 Å². The number of aromatic nitrogens is 22. The van der Waals surface area contributed by atoms with Crippen LogP contribution in [0.3, 0.4) is 0 Å². The molecule has 0 amide bonds. The number of esters is 5. The minimum Gasteiger partial charge on any atom is -0.460 e. The van der Waals surface area contributed by atoms with E-state index in [1.165, 1.54) is 126 Å². The van der Waals surface area contributed by atoms with Gasteiger partial charge in [-0.05, 0) is 244 Å². The molecule has 3 aliphatic rings. The number of hydrogen-bond donors (Lipinski definition) is 2. The summed E-state index contributed by atoms with van der Waals surface area (Å²) in [7, 11) is 0. The van der Waals surface area contributed by atoms with Gasteiger partial charge in [0.2, 0.25) is 0 Å². The number of ether oxygens (including phenoxy) is 5. The Balaban J connectivity index is 0.000000247. The van der Waals surface area contributed by atoms with Crippen molar-refractivity contribution >= 4 is 164 Å². The molecule has 11 aromatic heterocycles. The number of aliphatic hydroxyl groups is 2. The molecule has 14 rings (SSSR count). The molecule has 766 valence electrons. The summed E-state index contributed by atoms with van der Waals surface area (Å²) in [5, 5.41) is 24.8. The molecule has 0 radical (unpaired) electrons. The van der Waals surface area contributed by atoms with E-state index in [9.17, 15) is 63.0 Å². The molecule has 0 saturated heterocycles. The molecule has 2 atom stereocenters. The number of hydrogen-bond acceptors (Lipinski definition) is 42. The molecule has 2 N–H and O–H groups in total. The number of thioether (sulfide) groups is 8. The van der Waals surface area contributed by atoms with E-state index in [2.05, 4.69) is 102 Å². The predicted octanol–water partition coefficient (Wildman–Crippen LogP) is 14.8. The van der Waals surface area contributed by atoms with E-state index in [1.807, 2.05) is 103 Å². The zero-order valence-electron chi connectivity index (χ0n) is 83.7. The lowest BCUT2D eigenvalue weighted by molar-refractivity contribution is -0.158. The number of aldehydes is 1. The Morgan fingerprint density at radius 1 is 0.366 bits per heavy atom. The second-order valence-corrected chi connectivity index (χ2v) is 42.1. The van der Waals surface area contributed by atoms with Gasteiger partial charge in [-0.15, -0.1) is 0 Å². The molecule has 0 aromatic carbocycles. The van der Waals surface area contributed by atoms with Gasteiger partial charge in [0.05, 0.1) is 52.7 Å². The lowest BCUT2D eigenvalue weighted by Crippen LogP contribution is -2.25. The van der Waals surface area contributed by atoms with Gasteiger partial charge >= 0.3 is 29.8 Å². The third kappa shape index (κ3) is 41.7. The number of rotatable bonds is 24. The van der Waals surface area contributed by atoms with Crippen LogP contribution in [0.5, 0.6) is 0 Å². The van der Waals surface area contributed by atoms with E-state index < -0.39 is 58.5 Å². The normalized spacial score (nSPS) is 12.5. The Morgan fingerprint density at radius 3 is 0.979 bits per heavy atom. The molecular weight excluding hydrogens is 2100 g/mol. The Morgan fingerprint density at radius 2 is 0.648 bits per heavy atom. The first kappa shape index (κ1) is 120. The molecule has 0 bridgehead atoms. The van der Waals surface area contributed by atoms with E-state index in [1.54, 1.807) is 165 Å². The van der Waals surface area contributed by atoms with Crippen molar-refractivity contribution in [2.75, 3.05) is 50.0 Å². The third-order valence-corrected chi connectivity index (χ3v) is 23.2. The van der Waals surface area contributed by atoms with Gasteiger partial charge in [-0.2, -0.15) is 0 Å². The number of halogens is 1. The zero-order valence-corrected chi connectivity index (χ0v) is 92.4. The highest BCUT2D eigenvalue weighted by atomic mass is 127. The highest BCUT2D eigenvalue weighted by Crippen LogP contribution is 2.30. The average Bonchev–Trinajstić information content (AvgIpc) is 1.61. The molecule has 142 heavy (non-hydrogen) atoms. The maximum absolute atomic E-state index is 12.1. The van der Waals surface area contributed by atoms with Crippen molar-refractivity contribution in [1.29, 1.82) is 0 Å². The van der Waals surface area contributed by atoms with Crippen LogP contribution in [0, 0.1) is 3.57 Å². The van der Waals surface area contributed by atoms with E-state index in [0.717, 1.165) is 112 Å². The van der Waals surface area contributed by atoms with Crippen LogP contribution in [-0.4, -0.2) is 244 Å². The number of fused-ring (bicyclic) bond motifs is 3. The molecule has 49 heteroatoms. The van der Waals surface area contributed by atoms with Crippen molar-refractivity contribution in [3.63, 3.8) is 0 Å². The average molecular weight is 2220 g/mol. The van der Waals surface area contributed by atoms with Gasteiger partial charge in [-0.1, -0.05) is 94.1 Å². The van der Waals surface area contributed by atoms with Crippen LogP contribution in [-0.2, 0) is 86.9 Å². The number of carbonyl (C=O) groups excluding carboxylic acids is 8. The summed E-state index contributed by atoms with van der Waals surface area (Å²) in [4.78, 5) is 192. The maximum Gasteiger partial charge on any atom is 0.314 e. The van der Waals surface area contributed by atoms with E-state index in [0.29, 0.717) is 49.2 Å². The first-order valence-electron chi connectivity index (χ1n) is 43.9. The van der Waals surface area contributed by atoms with Gasteiger partial charge in [-0.3, -0.25) is 76.1 Å². The Hall–Kier alpha value is -10.5. The van der Waals surface area contributed by atoms with Gasteiger partial charge in [-0.25, -0.2) is 84.4 Å². The second-order valence-electron chi connectivity index (χ2n) is 34.9. The monoisotopic (exact) mass is 2220 g/mol. The standard InChI is InChI=1S/2C12H18N2O3S.2C12H16N2O3S.C11H11IN4OS.2C11H12N4OS.C6H6N2OS.C6H12O2/c4*1-12(2,3)17-10(16)7-9(15)8-5-6-13-11(14-8)18-4;1-18-11-13-4-3-7(14-11)9-8(12)10(17)16-6-2-5-15(9)16;2*1-17-11-12-4-3-8(13-11)9-7-10(16)15-6-2-5-14(9)15;1-10-6-7-3-2-5(4-9)8-6;1-5(7)8-6(2,3)4/h2*5-6,9,15H,7H2,1-4H3;2*5-6H,7H2,1-4H3;3-4H,2,5-6H2,1H3;2*3-4,7H,2,5-6H2,1H3;2-4H,1H3;1-4H3. The number of nitrogens with zero attached hydrogens (tertiary/aromatic N) is 22. The van der Waals surface area contributed by atoms with Crippen LogP contribution in [0.15, 0.2) is 166 Å².